The van der Waals surface area contributed by atoms with Crippen LogP contribution < -0.4 is 0 Å². The molecule has 0 saturated heterocycles. The normalized spacial score (nSPS) is 11.8. The van der Waals surface area contributed by atoms with E-state index >= 15 is 0 Å². The molecule has 27 heavy (non-hydrogen) atoms. The minimum atomic E-state index is -0.574. The van der Waals surface area contributed by atoms with E-state index in [1.165, 1.54) is 0 Å². The Bertz CT molecular complexity index is 1180. The van der Waals surface area contributed by atoms with Gasteiger partial charge in [-0.1, -0.05) is 43.3 Å². The Hall–Kier alpha value is -3.41. The van der Waals surface area contributed by atoms with E-state index in [0.717, 1.165) is 28.3 Å². The molecule has 4 rings (SSSR count). The summed E-state index contributed by atoms with van der Waals surface area (Å²) in [5.41, 5.74) is 2.52. The van der Waals surface area contributed by atoms with E-state index in [-0.39, 0.29) is 11.6 Å². The van der Waals surface area contributed by atoms with Crippen molar-refractivity contribution >= 4 is 33.5 Å². The minimum absolute atomic E-state index is 0.0101. The second-order valence-electron chi connectivity index (χ2n) is 6.40. The molecule has 0 saturated carbocycles. The van der Waals surface area contributed by atoms with Crippen LogP contribution in [0.1, 0.15) is 29.5 Å². The maximum Gasteiger partial charge on any atom is 0.331 e. The maximum absolute atomic E-state index is 12.5. The second kappa shape index (κ2) is 6.72. The van der Waals surface area contributed by atoms with Gasteiger partial charge in [-0.25, -0.2) is 0 Å². The number of aromatic nitrogens is 1. The zero-order valence-corrected chi connectivity index (χ0v) is 15.1. The van der Waals surface area contributed by atoms with Gasteiger partial charge in [0.05, 0.1) is 5.52 Å². The molecule has 2 heterocycles. The van der Waals surface area contributed by atoms with Crippen molar-refractivity contribution < 1.29 is 14.3 Å². The lowest BCUT2D eigenvalue weighted by Gasteiger charge is -2.03. The van der Waals surface area contributed by atoms with Gasteiger partial charge in [-0.3, -0.25) is 4.79 Å². The Morgan fingerprint density at radius 2 is 1.81 bits per heavy atom. The number of rotatable bonds is 4. The number of hydrogen-bond acceptors (Lipinski definition) is 4. The van der Waals surface area contributed by atoms with Crippen LogP contribution in [0.3, 0.4) is 0 Å². The lowest BCUT2D eigenvalue weighted by atomic mass is 10.1. The van der Waals surface area contributed by atoms with Gasteiger partial charge >= 0.3 is 5.91 Å². The van der Waals surface area contributed by atoms with Crippen molar-refractivity contribution in [2.75, 3.05) is 0 Å². The van der Waals surface area contributed by atoms with Crippen molar-refractivity contribution in [1.29, 1.82) is 0 Å². The zero-order valence-electron chi connectivity index (χ0n) is 15.1. The summed E-state index contributed by atoms with van der Waals surface area (Å²) in [7, 11) is 0. The predicted octanol–water partition coefficient (Wildman–Crippen LogP) is 5.74. The molecule has 0 aliphatic carbocycles. The molecule has 2 aromatic heterocycles. The van der Waals surface area contributed by atoms with Crippen LogP contribution in [0.4, 0.5) is 5.69 Å². The molecule has 0 fully saturated rings. The number of furan rings is 1. The first kappa shape index (κ1) is 17.0. The zero-order chi connectivity index (χ0) is 19.0. The van der Waals surface area contributed by atoms with Crippen molar-refractivity contribution in [2.45, 2.75) is 26.8 Å². The summed E-state index contributed by atoms with van der Waals surface area (Å²) in [6.07, 6.45) is 0.861. The highest BCUT2D eigenvalue weighted by atomic mass is 16.3. The molecule has 0 aliphatic rings. The predicted molar refractivity (Wildman–Crippen MR) is 104 cm³/mol. The van der Waals surface area contributed by atoms with E-state index < -0.39 is 5.91 Å². The highest BCUT2D eigenvalue weighted by molar-refractivity contribution is 6.00. The number of fused-ring (bicyclic) bond motifs is 2. The van der Waals surface area contributed by atoms with Crippen LogP contribution in [0.2, 0.25) is 0 Å². The summed E-state index contributed by atoms with van der Waals surface area (Å²) in [6, 6.07) is 15.0. The summed E-state index contributed by atoms with van der Waals surface area (Å²) in [5, 5.41) is 20.1. The quantitative estimate of drug-likeness (QED) is 0.471. The third-order valence-corrected chi connectivity index (χ3v) is 4.64. The molecule has 0 radical (unpaired) electrons. The van der Waals surface area contributed by atoms with Gasteiger partial charge < -0.3 is 14.1 Å². The fourth-order valence-electron chi connectivity index (χ4n) is 3.34. The number of hydrogen-bond donors (Lipinski definition) is 1. The average molecular weight is 361 g/mol. The fourth-order valence-corrected chi connectivity index (χ4v) is 3.34. The van der Waals surface area contributed by atoms with Gasteiger partial charge in [-0.05, 0) is 25.5 Å². The van der Waals surface area contributed by atoms with Crippen LogP contribution in [-0.4, -0.2) is 15.6 Å². The number of amides is 1. The molecule has 1 amide bonds. The molecule has 136 valence electrons. The van der Waals surface area contributed by atoms with E-state index in [9.17, 15) is 9.90 Å². The number of azo groups is 1. The monoisotopic (exact) mass is 361 g/mol. The van der Waals surface area contributed by atoms with E-state index in [0.29, 0.717) is 17.8 Å². The molecule has 1 N–H and O–H groups in total. The Kier molecular flexibility index (Phi) is 4.24. The number of carbonyl (C=O) groups is 1. The topological polar surface area (TPSA) is 80.1 Å². The Morgan fingerprint density at radius 3 is 2.56 bits per heavy atom. The first-order valence-corrected chi connectivity index (χ1v) is 8.86. The van der Waals surface area contributed by atoms with Crippen LogP contribution in [0.25, 0.3) is 21.9 Å². The Labute approximate surface area is 155 Å². The molecule has 0 bridgehead atoms. The van der Waals surface area contributed by atoms with Crippen LogP contribution in [0.5, 0.6) is 5.88 Å². The van der Waals surface area contributed by atoms with Gasteiger partial charge in [0.25, 0.3) is 0 Å². The Morgan fingerprint density at radius 1 is 1.11 bits per heavy atom. The van der Waals surface area contributed by atoms with Gasteiger partial charge in [0.1, 0.15) is 5.58 Å². The summed E-state index contributed by atoms with van der Waals surface area (Å²) in [4.78, 5) is 12.5. The average Bonchev–Trinajstić information content (AvgIpc) is 3.16. The first-order chi connectivity index (χ1) is 13.1. The lowest BCUT2D eigenvalue weighted by molar-refractivity contribution is 0.0970. The third-order valence-electron chi connectivity index (χ3n) is 4.64. The van der Waals surface area contributed by atoms with Gasteiger partial charge in [0, 0.05) is 22.9 Å². The largest absolute Gasteiger partial charge is 0.493 e. The van der Waals surface area contributed by atoms with Crippen molar-refractivity contribution in [3.63, 3.8) is 0 Å². The van der Waals surface area contributed by atoms with E-state index in [4.69, 9.17) is 4.42 Å². The SMILES string of the molecule is CCCn1c(O)c(N=NC(=O)c2oc3ccccc3c2C)c2ccccc21. The minimum Gasteiger partial charge on any atom is -0.493 e. The molecule has 0 atom stereocenters. The fraction of sp³-hybridized carbons (Fsp3) is 0.190. The van der Waals surface area contributed by atoms with E-state index in [1.807, 2.05) is 56.3 Å². The molecule has 4 aromatic rings. The highest BCUT2D eigenvalue weighted by Gasteiger charge is 2.19. The number of aryl methyl sites for hydroxylation is 2. The molecule has 2 aromatic carbocycles. The highest BCUT2D eigenvalue weighted by Crippen LogP contribution is 2.39. The van der Waals surface area contributed by atoms with Gasteiger partial charge in [-0.15, -0.1) is 10.2 Å². The number of benzene rings is 2. The molecule has 6 heteroatoms. The summed E-state index contributed by atoms with van der Waals surface area (Å²) in [6.45, 7) is 4.50. The molecule has 0 aliphatic heterocycles. The molecule has 0 unspecified atom stereocenters. The number of aromatic hydroxyl groups is 1. The third kappa shape index (κ3) is 2.79. The van der Waals surface area contributed by atoms with Crippen LogP contribution in [0.15, 0.2) is 63.2 Å². The molecule has 0 spiro atoms. The number of para-hydroxylation sites is 2. The van der Waals surface area contributed by atoms with Crippen LogP contribution in [-0.2, 0) is 6.54 Å². The van der Waals surface area contributed by atoms with Gasteiger partial charge in [0.2, 0.25) is 5.88 Å². The molecular formula is C21H19N3O3. The van der Waals surface area contributed by atoms with Gasteiger partial charge in [-0.2, -0.15) is 0 Å². The first-order valence-electron chi connectivity index (χ1n) is 8.86. The summed E-state index contributed by atoms with van der Waals surface area (Å²) in [5.74, 6) is -0.400. The maximum atomic E-state index is 12.5. The number of carbonyl (C=O) groups excluding carboxylic acids is 1. The molecule has 6 nitrogen and oxygen atoms in total. The number of nitrogens with zero attached hydrogens (tertiary/aromatic N) is 3. The smallest absolute Gasteiger partial charge is 0.331 e. The van der Waals surface area contributed by atoms with Gasteiger partial charge in [0.15, 0.2) is 11.4 Å². The van der Waals surface area contributed by atoms with Crippen molar-refractivity contribution in [3.8, 4) is 5.88 Å². The van der Waals surface area contributed by atoms with E-state index in [2.05, 4.69) is 10.2 Å². The van der Waals surface area contributed by atoms with Crippen LogP contribution >= 0.6 is 0 Å². The Balaban J connectivity index is 1.75. The van der Waals surface area contributed by atoms with Crippen molar-refractivity contribution in [3.05, 3.63) is 59.9 Å². The van der Waals surface area contributed by atoms with Crippen LogP contribution in [0, 0.1) is 6.92 Å². The van der Waals surface area contributed by atoms with Crippen molar-refractivity contribution in [2.24, 2.45) is 10.2 Å². The van der Waals surface area contributed by atoms with Crippen molar-refractivity contribution in [1.82, 2.24) is 4.57 Å². The van der Waals surface area contributed by atoms with E-state index in [1.54, 1.807) is 10.6 Å². The molecular weight excluding hydrogens is 342 g/mol. The summed E-state index contributed by atoms with van der Waals surface area (Å²) >= 11 is 0. The summed E-state index contributed by atoms with van der Waals surface area (Å²) < 4.78 is 7.42. The lowest BCUT2D eigenvalue weighted by Crippen LogP contribution is -1.95. The second-order valence-corrected chi connectivity index (χ2v) is 6.40. The standard InChI is InChI=1S/C21H19N3O3/c1-3-12-24-16-10-6-4-9-15(16)18(21(24)26)22-23-20(25)19-13(2)14-8-5-7-11-17(14)27-19/h4-11,26H,3,12H2,1-2H3.